The fraction of sp³-hybridized carbons (Fsp3) is 0. The first kappa shape index (κ1) is 15.2. The Balaban J connectivity index is 0.000000188. The number of hydrogen-bond donors (Lipinski definition) is 2. The van der Waals surface area contributed by atoms with Crippen LogP contribution in [0.15, 0.2) is 67.2 Å². The third-order valence-electron chi connectivity index (χ3n) is 2.74. The first-order chi connectivity index (χ1) is 10.7. The minimum absolute atomic E-state index is 0.136. The number of nitrogens with zero attached hydrogens (tertiary/aromatic N) is 3. The molecule has 5 heteroatoms. The van der Waals surface area contributed by atoms with Gasteiger partial charge in [-0.05, 0) is 5.56 Å². The second-order valence-corrected chi connectivity index (χ2v) is 4.36. The highest BCUT2D eigenvalue weighted by Crippen LogP contribution is 2.14. The van der Waals surface area contributed by atoms with Crippen LogP contribution in [-0.4, -0.2) is 15.0 Å². The molecule has 0 aliphatic rings. The Labute approximate surface area is 129 Å². The van der Waals surface area contributed by atoms with E-state index >= 15 is 0 Å². The molecule has 2 aromatic carbocycles. The molecule has 0 saturated heterocycles. The predicted octanol–water partition coefficient (Wildman–Crippen LogP) is 3.03. The number of nitrogen functional groups attached to an aromatic ring is 2. The molecular formula is C17H17N5. The Morgan fingerprint density at radius 1 is 0.727 bits per heavy atom. The van der Waals surface area contributed by atoms with Gasteiger partial charge in [0.1, 0.15) is 0 Å². The number of aromatic nitrogens is 3. The second kappa shape index (κ2) is 7.54. The predicted molar refractivity (Wildman–Crippen MR) is 90.6 cm³/mol. The first-order valence-corrected chi connectivity index (χ1v) is 6.69. The molecule has 0 saturated carbocycles. The van der Waals surface area contributed by atoms with Crippen molar-refractivity contribution in [1.82, 2.24) is 15.0 Å². The van der Waals surface area contributed by atoms with E-state index in [0.29, 0.717) is 5.82 Å². The van der Waals surface area contributed by atoms with E-state index in [1.807, 2.05) is 66.7 Å². The Morgan fingerprint density at radius 2 is 1.23 bits per heavy atom. The van der Waals surface area contributed by atoms with E-state index in [0.717, 1.165) is 5.56 Å². The normalized spacial score (nSPS) is 9.45. The van der Waals surface area contributed by atoms with Crippen molar-refractivity contribution >= 4 is 18.0 Å². The highest BCUT2D eigenvalue weighted by atomic mass is 15.1. The van der Waals surface area contributed by atoms with Crippen LogP contribution in [0.4, 0.5) is 11.9 Å². The van der Waals surface area contributed by atoms with Crippen LogP contribution in [0, 0.1) is 0 Å². The SMILES string of the molecule is C=Cc1ccccc1.Nc1nc(N)nc(-c2ccccc2)n1. The Kier molecular flexibility index (Phi) is 5.20. The van der Waals surface area contributed by atoms with Gasteiger partial charge in [-0.2, -0.15) is 15.0 Å². The zero-order chi connectivity index (χ0) is 15.8. The molecule has 0 amide bonds. The summed E-state index contributed by atoms with van der Waals surface area (Å²) in [4.78, 5) is 11.7. The number of hydrogen-bond acceptors (Lipinski definition) is 5. The van der Waals surface area contributed by atoms with Crippen molar-refractivity contribution in [1.29, 1.82) is 0 Å². The maximum atomic E-state index is 5.45. The second-order valence-electron chi connectivity index (χ2n) is 4.36. The van der Waals surface area contributed by atoms with Gasteiger partial charge >= 0.3 is 0 Å². The topological polar surface area (TPSA) is 90.7 Å². The maximum absolute atomic E-state index is 5.45. The van der Waals surface area contributed by atoms with E-state index < -0.39 is 0 Å². The standard InChI is InChI=1S/C9H9N5.C8H8/c10-8-12-7(13-9(11)14-8)6-4-2-1-3-5-6;1-2-8-6-4-3-5-7-8/h1-5H,(H4,10,11,12,13,14);2-7H,1H2. The van der Waals surface area contributed by atoms with Crippen LogP contribution in [0.2, 0.25) is 0 Å². The quantitative estimate of drug-likeness (QED) is 0.757. The third kappa shape index (κ3) is 4.42. The lowest BCUT2D eigenvalue weighted by Crippen LogP contribution is -2.04. The summed E-state index contributed by atoms with van der Waals surface area (Å²) in [6.45, 7) is 3.63. The highest BCUT2D eigenvalue weighted by Gasteiger charge is 2.03. The molecule has 110 valence electrons. The first-order valence-electron chi connectivity index (χ1n) is 6.69. The minimum atomic E-state index is 0.136. The van der Waals surface area contributed by atoms with Crippen molar-refractivity contribution in [2.45, 2.75) is 0 Å². The Hall–Kier alpha value is -3.21. The number of nitrogens with two attached hydrogens (primary N) is 2. The smallest absolute Gasteiger partial charge is 0.225 e. The molecule has 1 heterocycles. The van der Waals surface area contributed by atoms with E-state index in [-0.39, 0.29) is 11.9 Å². The van der Waals surface area contributed by atoms with Crippen LogP contribution < -0.4 is 11.5 Å². The number of benzene rings is 2. The van der Waals surface area contributed by atoms with Gasteiger partial charge in [0.25, 0.3) is 0 Å². The average molecular weight is 291 g/mol. The van der Waals surface area contributed by atoms with Gasteiger partial charge in [0.2, 0.25) is 11.9 Å². The molecule has 0 spiro atoms. The summed E-state index contributed by atoms with van der Waals surface area (Å²) in [5.74, 6) is 0.767. The number of anilines is 2. The number of rotatable bonds is 2. The Morgan fingerprint density at radius 3 is 1.68 bits per heavy atom. The van der Waals surface area contributed by atoms with Gasteiger partial charge in [0.15, 0.2) is 5.82 Å². The molecule has 0 aliphatic heterocycles. The van der Waals surface area contributed by atoms with Crippen LogP contribution in [0.5, 0.6) is 0 Å². The summed E-state index contributed by atoms with van der Waals surface area (Å²) in [6, 6.07) is 19.5. The summed E-state index contributed by atoms with van der Waals surface area (Å²) in [5, 5.41) is 0. The van der Waals surface area contributed by atoms with E-state index in [1.54, 1.807) is 0 Å². The van der Waals surface area contributed by atoms with Crippen molar-refractivity contribution in [3.63, 3.8) is 0 Å². The average Bonchev–Trinajstić information content (AvgIpc) is 2.56. The zero-order valence-corrected chi connectivity index (χ0v) is 12.1. The largest absolute Gasteiger partial charge is 0.368 e. The van der Waals surface area contributed by atoms with Gasteiger partial charge in [-0.15, -0.1) is 0 Å². The fourth-order valence-electron chi connectivity index (χ4n) is 1.71. The molecule has 0 bridgehead atoms. The molecule has 4 N–H and O–H groups in total. The monoisotopic (exact) mass is 291 g/mol. The van der Waals surface area contributed by atoms with Crippen molar-refractivity contribution in [2.24, 2.45) is 0 Å². The van der Waals surface area contributed by atoms with Crippen LogP contribution >= 0.6 is 0 Å². The zero-order valence-electron chi connectivity index (χ0n) is 12.1. The van der Waals surface area contributed by atoms with E-state index in [9.17, 15) is 0 Å². The van der Waals surface area contributed by atoms with Gasteiger partial charge in [0.05, 0.1) is 0 Å². The van der Waals surface area contributed by atoms with Gasteiger partial charge in [-0.1, -0.05) is 73.3 Å². The van der Waals surface area contributed by atoms with Crippen molar-refractivity contribution < 1.29 is 0 Å². The highest BCUT2D eigenvalue weighted by molar-refractivity contribution is 5.56. The molecule has 0 aliphatic carbocycles. The minimum Gasteiger partial charge on any atom is -0.368 e. The van der Waals surface area contributed by atoms with Gasteiger partial charge < -0.3 is 11.5 Å². The van der Waals surface area contributed by atoms with E-state index in [2.05, 4.69) is 21.5 Å². The van der Waals surface area contributed by atoms with Crippen molar-refractivity contribution in [2.75, 3.05) is 11.5 Å². The summed E-state index contributed by atoms with van der Waals surface area (Å²) < 4.78 is 0. The Bertz CT molecular complexity index is 706. The van der Waals surface area contributed by atoms with Gasteiger partial charge in [0, 0.05) is 5.56 Å². The fourth-order valence-corrected chi connectivity index (χ4v) is 1.71. The van der Waals surface area contributed by atoms with Crippen LogP contribution in [0.1, 0.15) is 5.56 Å². The van der Waals surface area contributed by atoms with Crippen LogP contribution in [0.3, 0.4) is 0 Å². The lowest BCUT2D eigenvalue weighted by molar-refractivity contribution is 1.09. The molecule has 0 radical (unpaired) electrons. The summed E-state index contributed by atoms with van der Waals surface area (Å²) in [6.07, 6.45) is 1.83. The van der Waals surface area contributed by atoms with Gasteiger partial charge in [-0.25, -0.2) is 0 Å². The summed E-state index contributed by atoms with van der Waals surface area (Å²) >= 11 is 0. The summed E-state index contributed by atoms with van der Waals surface area (Å²) in [5.41, 5.74) is 13.0. The lowest BCUT2D eigenvalue weighted by Gasteiger charge is -2.00. The van der Waals surface area contributed by atoms with E-state index in [1.165, 1.54) is 5.56 Å². The molecule has 1 aromatic heterocycles. The molecule has 0 fully saturated rings. The molecule has 5 nitrogen and oxygen atoms in total. The third-order valence-corrected chi connectivity index (χ3v) is 2.74. The van der Waals surface area contributed by atoms with Crippen LogP contribution in [-0.2, 0) is 0 Å². The van der Waals surface area contributed by atoms with Crippen molar-refractivity contribution in [3.05, 3.63) is 72.8 Å². The lowest BCUT2D eigenvalue weighted by atomic mass is 10.2. The van der Waals surface area contributed by atoms with Crippen molar-refractivity contribution in [3.8, 4) is 11.4 Å². The van der Waals surface area contributed by atoms with Gasteiger partial charge in [-0.3, -0.25) is 0 Å². The molecule has 3 rings (SSSR count). The maximum Gasteiger partial charge on any atom is 0.225 e. The molecule has 3 aromatic rings. The molecule has 22 heavy (non-hydrogen) atoms. The molecular weight excluding hydrogens is 274 g/mol. The molecule has 0 unspecified atom stereocenters. The summed E-state index contributed by atoms with van der Waals surface area (Å²) in [7, 11) is 0. The van der Waals surface area contributed by atoms with Crippen LogP contribution in [0.25, 0.3) is 17.5 Å². The molecule has 0 atom stereocenters. The van der Waals surface area contributed by atoms with E-state index in [4.69, 9.17) is 11.5 Å².